The third kappa shape index (κ3) is 2.10. The summed E-state index contributed by atoms with van der Waals surface area (Å²) in [7, 11) is 1.47. The van der Waals surface area contributed by atoms with Crippen molar-refractivity contribution >= 4 is 17.1 Å². The lowest BCUT2D eigenvalue weighted by Crippen LogP contribution is -2.39. The van der Waals surface area contributed by atoms with Crippen LogP contribution in [0.3, 0.4) is 0 Å². The molecule has 0 spiro atoms. The van der Waals surface area contributed by atoms with Gasteiger partial charge in [-0.3, -0.25) is 18.9 Å². The standard InChI is InChI=1S/C11H13FN4O4/c1-3-4-16-10(18)8-9(14(2)11(16)19)13-6-15(8)5-7(17)20-12/h6H,3-5H2,1-2H3. The minimum absolute atomic E-state index is 0.0611. The summed E-state index contributed by atoms with van der Waals surface area (Å²) in [6, 6.07) is 0. The molecule has 8 nitrogen and oxygen atoms in total. The number of aryl methyl sites for hydroxylation is 1. The third-order valence-corrected chi connectivity index (χ3v) is 2.93. The van der Waals surface area contributed by atoms with Crippen molar-refractivity contribution in [3.63, 3.8) is 0 Å². The van der Waals surface area contributed by atoms with Gasteiger partial charge in [-0.25, -0.2) is 14.6 Å². The van der Waals surface area contributed by atoms with Crippen molar-refractivity contribution in [1.29, 1.82) is 0 Å². The van der Waals surface area contributed by atoms with Gasteiger partial charge in [0.25, 0.3) is 5.56 Å². The van der Waals surface area contributed by atoms with Crippen LogP contribution in [0.15, 0.2) is 15.9 Å². The van der Waals surface area contributed by atoms with Crippen LogP contribution in [-0.2, 0) is 29.9 Å². The molecule has 2 aromatic heterocycles. The predicted octanol–water partition coefficient (Wildman–Crippen LogP) is -0.266. The van der Waals surface area contributed by atoms with E-state index in [1.807, 2.05) is 6.92 Å². The molecule has 2 rings (SSSR count). The summed E-state index contributed by atoms with van der Waals surface area (Å²) in [6.45, 7) is 1.58. The van der Waals surface area contributed by atoms with Gasteiger partial charge in [-0.1, -0.05) is 6.92 Å². The minimum Gasteiger partial charge on any atom is -0.313 e. The Morgan fingerprint density at radius 3 is 2.75 bits per heavy atom. The second-order valence-corrected chi connectivity index (χ2v) is 4.29. The van der Waals surface area contributed by atoms with Crippen LogP contribution >= 0.6 is 0 Å². The van der Waals surface area contributed by atoms with Crippen LogP contribution in [0.25, 0.3) is 11.2 Å². The zero-order chi connectivity index (χ0) is 14.9. The van der Waals surface area contributed by atoms with E-state index >= 15 is 0 Å². The Hall–Kier alpha value is -2.45. The van der Waals surface area contributed by atoms with Crippen LogP contribution in [0.5, 0.6) is 0 Å². The van der Waals surface area contributed by atoms with Crippen molar-refractivity contribution in [2.45, 2.75) is 26.4 Å². The number of nitrogens with zero attached hydrogens (tertiary/aromatic N) is 4. The summed E-state index contributed by atoms with van der Waals surface area (Å²) in [5.74, 6) is -1.15. The van der Waals surface area contributed by atoms with E-state index in [1.54, 1.807) is 0 Å². The summed E-state index contributed by atoms with van der Waals surface area (Å²) in [4.78, 5) is 42.3. The Kier molecular flexibility index (Phi) is 3.68. The van der Waals surface area contributed by atoms with Gasteiger partial charge in [0.2, 0.25) is 0 Å². The monoisotopic (exact) mass is 284 g/mol. The molecular weight excluding hydrogens is 271 g/mol. The number of imidazole rings is 1. The number of fused-ring (bicyclic) bond motifs is 1. The van der Waals surface area contributed by atoms with Gasteiger partial charge in [0.05, 0.1) is 6.33 Å². The van der Waals surface area contributed by atoms with Crippen molar-refractivity contribution in [3.8, 4) is 0 Å². The topological polar surface area (TPSA) is 88.1 Å². The maximum atomic E-state index is 12.3. The molecular formula is C11H13FN4O4. The Labute approximate surface area is 111 Å². The van der Waals surface area contributed by atoms with E-state index in [0.29, 0.717) is 6.42 Å². The van der Waals surface area contributed by atoms with Gasteiger partial charge in [-0.05, 0) is 6.42 Å². The first-order chi connectivity index (χ1) is 9.51. The molecule has 0 aliphatic rings. The Morgan fingerprint density at radius 2 is 2.15 bits per heavy atom. The summed E-state index contributed by atoms with van der Waals surface area (Å²) < 4.78 is 15.2. The fraction of sp³-hybridized carbons (Fsp3) is 0.455. The van der Waals surface area contributed by atoms with Gasteiger partial charge in [0, 0.05) is 18.1 Å². The van der Waals surface area contributed by atoms with Crippen LogP contribution in [0.1, 0.15) is 13.3 Å². The average Bonchev–Trinajstić information content (AvgIpc) is 2.85. The van der Waals surface area contributed by atoms with E-state index in [2.05, 4.69) is 9.93 Å². The smallest absolute Gasteiger partial charge is 0.313 e. The van der Waals surface area contributed by atoms with Crippen LogP contribution in [0, 0.1) is 0 Å². The molecule has 9 heteroatoms. The molecule has 0 saturated heterocycles. The summed E-state index contributed by atoms with van der Waals surface area (Å²) in [5.41, 5.74) is -0.846. The van der Waals surface area contributed by atoms with E-state index in [4.69, 9.17) is 0 Å². The summed E-state index contributed by atoms with van der Waals surface area (Å²) in [6.07, 6.45) is 1.79. The molecule has 0 N–H and O–H groups in total. The maximum Gasteiger partial charge on any atom is 0.368 e. The third-order valence-electron chi connectivity index (χ3n) is 2.93. The number of hydrogen-bond acceptors (Lipinski definition) is 5. The predicted molar refractivity (Wildman–Crippen MR) is 66.7 cm³/mol. The van der Waals surface area contributed by atoms with E-state index in [-0.39, 0.29) is 17.7 Å². The van der Waals surface area contributed by atoms with E-state index in [0.717, 1.165) is 9.13 Å². The van der Waals surface area contributed by atoms with Gasteiger partial charge < -0.3 is 4.57 Å². The number of halogens is 1. The number of hydrogen-bond donors (Lipinski definition) is 0. The maximum absolute atomic E-state index is 12.3. The van der Waals surface area contributed by atoms with Crippen molar-refractivity contribution in [2.75, 3.05) is 0 Å². The molecule has 0 aromatic carbocycles. The fourth-order valence-corrected chi connectivity index (χ4v) is 2.03. The Morgan fingerprint density at radius 1 is 1.45 bits per heavy atom. The molecule has 0 aliphatic heterocycles. The molecule has 0 saturated carbocycles. The van der Waals surface area contributed by atoms with Crippen molar-refractivity contribution in [2.24, 2.45) is 7.05 Å². The van der Waals surface area contributed by atoms with Crippen molar-refractivity contribution in [1.82, 2.24) is 18.7 Å². The highest BCUT2D eigenvalue weighted by atomic mass is 19.3. The first kappa shape index (κ1) is 14.0. The van der Waals surface area contributed by atoms with E-state index in [1.165, 1.54) is 17.9 Å². The SMILES string of the molecule is CCCn1c(=O)c2c(ncn2CC(=O)OF)n(C)c1=O. The molecule has 0 fully saturated rings. The Bertz CT molecular complexity index is 773. The average molecular weight is 284 g/mol. The van der Waals surface area contributed by atoms with Crippen LogP contribution in [0.2, 0.25) is 0 Å². The molecule has 2 aromatic rings. The van der Waals surface area contributed by atoms with Crippen molar-refractivity contribution in [3.05, 3.63) is 27.2 Å². The minimum atomic E-state index is -1.15. The molecule has 0 atom stereocenters. The second kappa shape index (κ2) is 5.27. The molecule has 0 aliphatic carbocycles. The number of carbonyl (C=O) groups is 1. The lowest BCUT2D eigenvalue weighted by Gasteiger charge is -2.07. The first-order valence-corrected chi connectivity index (χ1v) is 5.97. The quantitative estimate of drug-likeness (QED) is 0.771. The summed E-state index contributed by atoms with van der Waals surface area (Å²) >= 11 is 0. The molecule has 20 heavy (non-hydrogen) atoms. The Balaban J connectivity index is 2.74. The molecule has 0 bridgehead atoms. The van der Waals surface area contributed by atoms with Gasteiger partial charge in [0.1, 0.15) is 6.54 Å². The van der Waals surface area contributed by atoms with Gasteiger partial charge >= 0.3 is 11.7 Å². The number of rotatable bonds is 4. The zero-order valence-corrected chi connectivity index (χ0v) is 11.0. The van der Waals surface area contributed by atoms with E-state index < -0.39 is 23.8 Å². The molecule has 0 radical (unpaired) electrons. The van der Waals surface area contributed by atoms with E-state index in [9.17, 15) is 18.9 Å². The second-order valence-electron chi connectivity index (χ2n) is 4.29. The zero-order valence-electron chi connectivity index (χ0n) is 11.0. The highest BCUT2D eigenvalue weighted by molar-refractivity contribution is 5.74. The van der Waals surface area contributed by atoms with Crippen molar-refractivity contribution < 1.29 is 14.3 Å². The van der Waals surface area contributed by atoms with Crippen LogP contribution < -0.4 is 11.2 Å². The number of carbonyl (C=O) groups excluding carboxylic acids is 1. The number of aromatic nitrogens is 4. The van der Waals surface area contributed by atoms with Gasteiger partial charge in [-0.2, -0.15) is 0 Å². The lowest BCUT2D eigenvalue weighted by molar-refractivity contribution is -0.184. The van der Waals surface area contributed by atoms with Gasteiger partial charge in [0.15, 0.2) is 11.2 Å². The highest BCUT2D eigenvalue weighted by Gasteiger charge is 2.17. The van der Waals surface area contributed by atoms with Crippen LogP contribution in [0.4, 0.5) is 4.53 Å². The van der Waals surface area contributed by atoms with Crippen LogP contribution in [-0.4, -0.2) is 24.7 Å². The summed E-state index contributed by atoms with van der Waals surface area (Å²) in [5, 5.41) is 0. The largest absolute Gasteiger partial charge is 0.368 e. The molecule has 108 valence electrons. The fourth-order valence-electron chi connectivity index (χ4n) is 2.03. The molecule has 2 heterocycles. The van der Waals surface area contributed by atoms with Gasteiger partial charge in [-0.15, -0.1) is 0 Å². The lowest BCUT2D eigenvalue weighted by atomic mass is 10.4. The molecule has 0 amide bonds. The molecule has 0 unspecified atom stereocenters. The highest BCUT2D eigenvalue weighted by Crippen LogP contribution is 2.06. The normalized spacial score (nSPS) is 10.9. The first-order valence-electron chi connectivity index (χ1n) is 5.97.